The maximum atomic E-state index is 13.2. The zero-order valence-corrected chi connectivity index (χ0v) is 13.2. The maximum Gasteiger partial charge on any atom is 0.331 e. The highest BCUT2D eigenvalue weighted by Crippen LogP contribution is 2.14. The Morgan fingerprint density at radius 3 is 2.74 bits per heavy atom. The van der Waals surface area contributed by atoms with Gasteiger partial charge in [-0.15, -0.1) is 0 Å². The molecule has 0 saturated carbocycles. The Balaban J connectivity index is 2.20. The summed E-state index contributed by atoms with van der Waals surface area (Å²) in [6.45, 7) is 3.35. The lowest BCUT2D eigenvalue weighted by Gasteiger charge is -2.25. The van der Waals surface area contributed by atoms with Crippen molar-refractivity contribution in [2.45, 2.75) is 25.8 Å². The van der Waals surface area contributed by atoms with Gasteiger partial charge in [0.25, 0.3) is 5.91 Å². The Bertz CT molecular complexity index is 729. The molecule has 0 spiro atoms. The molecule has 1 aromatic heterocycles. The van der Waals surface area contributed by atoms with Gasteiger partial charge in [-0.2, -0.15) is 5.10 Å². The summed E-state index contributed by atoms with van der Waals surface area (Å²) in [6, 6.07) is 7.34. The van der Waals surface area contributed by atoms with E-state index in [0.29, 0.717) is 12.1 Å². The molecular weight excluding hydrogens is 301 g/mol. The molecule has 0 saturated heterocycles. The number of nitrogens with zero attached hydrogens (tertiary/aromatic N) is 2. The number of hydrogen-bond donors (Lipinski definition) is 1. The van der Waals surface area contributed by atoms with Crippen molar-refractivity contribution >= 4 is 11.9 Å². The van der Waals surface area contributed by atoms with E-state index in [1.165, 1.54) is 30.0 Å². The SMILES string of the molecule is CC[C@](C)(NC(=O)c1ccn(-c2cccc(F)c2)n1)C(=O)OC. The van der Waals surface area contributed by atoms with Crippen molar-refractivity contribution in [3.63, 3.8) is 0 Å². The Morgan fingerprint density at radius 1 is 1.39 bits per heavy atom. The molecule has 7 heteroatoms. The first kappa shape index (κ1) is 16.7. The van der Waals surface area contributed by atoms with Crippen LogP contribution in [-0.2, 0) is 9.53 Å². The molecule has 2 rings (SSSR count). The van der Waals surface area contributed by atoms with Gasteiger partial charge in [0.1, 0.15) is 11.4 Å². The van der Waals surface area contributed by atoms with Gasteiger partial charge in [-0.05, 0) is 37.6 Å². The largest absolute Gasteiger partial charge is 0.467 e. The summed E-state index contributed by atoms with van der Waals surface area (Å²) in [7, 11) is 1.26. The van der Waals surface area contributed by atoms with Crippen molar-refractivity contribution < 1.29 is 18.7 Å². The second kappa shape index (κ2) is 6.60. The van der Waals surface area contributed by atoms with E-state index in [9.17, 15) is 14.0 Å². The topological polar surface area (TPSA) is 73.2 Å². The lowest BCUT2D eigenvalue weighted by atomic mass is 9.99. The van der Waals surface area contributed by atoms with Gasteiger partial charge in [0, 0.05) is 6.20 Å². The summed E-state index contributed by atoms with van der Waals surface area (Å²) in [5, 5.41) is 6.73. The summed E-state index contributed by atoms with van der Waals surface area (Å²) in [5.41, 5.74) is -0.512. The number of ether oxygens (including phenoxy) is 1. The third kappa shape index (κ3) is 3.56. The van der Waals surface area contributed by atoms with Crippen LogP contribution in [0.4, 0.5) is 4.39 Å². The van der Waals surface area contributed by atoms with E-state index in [4.69, 9.17) is 4.74 Å². The molecule has 0 radical (unpaired) electrons. The van der Waals surface area contributed by atoms with Crippen LogP contribution in [0.3, 0.4) is 0 Å². The molecule has 0 fully saturated rings. The standard InChI is InChI=1S/C16H18FN3O3/c1-4-16(2,15(22)23-3)18-14(21)13-8-9-20(19-13)12-7-5-6-11(17)10-12/h5-10H,4H2,1-3H3,(H,18,21)/t16-/m0/s1. The number of nitrogens with one attached hydrogen (secondary N) is 1. The lowest BCUT2D eigenvalue weighted by molar-refractivity contribution is -0.147. The van der Waals surface area contributed by atoms with E-state index in [-0.39, 0.29) is 5.69 Å². The van der Waals surface area contributed by atoms with Crippen molar-refractivity contribution in [1.82, 2.24) is 15.1 Å². The average molecular weight is 319 g/mol. The fourth-order valence-electron chi connectivity index (χ4n) is 2.03. The summed E-state index contributed by atoms with van der Waals surface area (Å²) in [5.74, 6) is -1.43. The van der Waals surface area contributed by atoms with Crippen molar-refractivity contribution in [3.8, 4) is 5.69 Å². The molecule has 1 amide bonds. The molecule has 1 N–H and O–H groups in total. The van der Waals surface area contributed by atoms with E-state index >= 15 is 0 Å². The first-order valence-corrected chi connectivity index (χ1v) is 7.12. The number of aromatic nitrogens is 2. The zero-order chi connectivity index (χ0) is 17.0. The summed E-state index contributed by atoms with van der Waals surface area (Å²) in [4.78, 5) is 24.1. The Hall–Kier alpha value is -2.70. The smallest absolute Gasteiger partial charge is 0.331 e. The molecule has 0 aliphatic rings. The number of hydrogen-bond acceptors (Lipinski definition) is 4. The minimum atomic E-state index is -1.13. The van der Waals surface area contributed by atoms with Crippen molar-refractivity contribution in [3.05, 3.63) is 48.0 Å². The predicted octanol–water partition coefficient (Wildman–Crippen LogP) is 2.08. The molecule has 1 aromatic carbocycles. The van der Waals surface area contributed by atoms with Gasteiger partial charge in [0.2, 0.25) is 0 Å². The van der Waals surface area contributed by atoms with Crippen LogP contribution in [0.15, 0.2) is 36.5 Å². The van der Waals surface area contributed by atoms with Gasteiger partial charge in [0.15, 0.2) is 5.69 Å². The highest BCUT2D eigenvalue weighted by molar-refractivity contribution is 5.96. The number of esters is 1. The van der Waals surface area contributed by atoms with Crippen LogP contribution >= 0.6 is 0 Å². The number of carbonyl (C=O) groups excluding carboxylic acids is 2. The fraction of sp³-hybridized carbons (Fsp3) is 0.312. The van der Waals surface area contributed by atoms with Crippen LogP contribution in [0, 0.1) is 5.82 Å². The Labute approximate surface area is 133 Å². The predicted molar refractivity (Wildman–Crippen MR) is 81.7 cm³/mol. The van der Waals surface area contributed by atoms with Gasteiger partial charge in [-0.25, -0.2) is 13.9 Å². The number of halogens is 1. The van der Waals surface area contributed by atoms with E-state index in [1.807, 2.05) is 0 Å². The van der Waals surface area contributed by atoms with Gasteiger partial charge in [-0.1, -0.05) is 13.0 Å². The van der Waals surface area contributed by atoms with Crippen LogP contribution in [0.2, 0.25) is 0 Å². The minimum Gasteiger partial charge on any atom is -0.467 e. The van der Waals surface area contributed by atoms with Gasteiger partial charge >= 0.3 is 5.97 Å². The average Bonchev–Trinajstić information content (AvgIpc) is 3.04. The van der Waals surface area contributed by atoms with Crippen molar-refractivity contribution in [1.29, 1.82) is 0 Å². The molecule has 0 aliphatic carbocycles. The van der Waals surface area contributed by atoms with Gasteiger partial charge < -0.3 is 10.1 Å². The zero-order valence-electron chi connectivity index (χ0n) is 13.2. The lowest BCUT2D eigenvalue weighted by Crippen LogP contribution is -2.52. The molecule has 1 heterocycles. The number of methoxy groups -OCH3 is 1. The normalized spacial score (nSPS) is 13.2. The highest BCUT2D eigenvalue weighted by Gasteiger charge is 2.34. The summed E-state index contributed by atoms with van der Waals surface area (Å²) >= 11 is 0. The third-order valence-electron chi connectivity index (χ3n) is 3.63. The second-order valence-corrected chi connectivity index (χ2v) is 5.26. The molecule has 23 heavy (non-hydrogen) atoms. The van der Waals surface area contributed by atoms with Crippen LogP contribution in [0.5, 0.6) is 0 Å². The Morgan fingerprint density at radius 2 is 2.13 bits per heavy atom. The molecule has 1 atom stereocenters. The first-order chi connectivity index (χ1) is 10.9. The second-order valence-electron chi connectivity index (χ2n) is 5.26. The van der Waals surface area contributed by atoms with E-state index in [0.717, 1.165) is 0 Å². The maximum absolute atomic E-state index is 13.2. The van der Waals surface area contributed by atoms with E-state index in [1.54, 1.807) is 32.2 Å². The van der Waals surface area contributed by atoms with E-state index in [2.05, 4.69) is 10.4 Å². The van der Waals surface area contributed by atoms with Crippen LogP contribution in [0.1, 0.15) is 30.8 Å². The third-order valence-corrected chi connectivity index (χ3v) is 3.63. The Kier molecular flexibility index (Phi) is 4.78. The van der Waals surface area contributed by atoms with Gasteiger partial charge in [0.05, 0.1) is 12.8 Å². The number of amides is 1. The van der Waals surface area contributed by atoms with E-state index < -0.39 is 23.2 Å². The quantitative estimate of drug-likeness (QED) is 0.856. The van der Waals surface area contributed by atoms with Crippen LogP contribution in [-0.4, -0.2) is 34.3 Å². The monoisotopic (exact) mass is 319 g/mol. The minimum absolute atomic E-state index is 0.123. The van der Waals surface area contributed by atoms with Crippen molar-refractivity contribution in [2.24, 2.45) is 0 Å². The van der Waals surface area contributed by atoms with Gasteiger partial charge in [-0.3, -0.25) is 4.79 Å². The molecule has 6 nitrogen and oxygen atoms in total. The first-order valence-electron chi connectivity index (χ1n) is 7.12. The molecule has 2 aromatic rings. The van der Waals surface area contributed by atoms with Crippen LogP contribution in [0.25, 0.3) is 5.69 Å². The van der Waals surface area contributed by atoms with Crippen LogP contribution < -0.4 is 5.32 Å². The molecule has 122 valence electrons. The molecular formula is C16H18FN3O3. The molecule has 0 unspecified atom stereocenters. The summed E-state index contributed by atoms with van der Waals surface area (Å²) in [6.07, 6.45) is 1.92. The molecule has 0 aliphatic heterocycles. The summed E-state index contributed by atoms with van der Waals surface area (Å²) < 4.78 is 19.3. The number of carbonyl (C=O) groups is 2. The number of benzene rings is 1. The molecule has 0 bridgehead atoms. The highest BCUT2D eigenvalue weighted by atomic mass is 19.1. The number of rotatable bonds is 5. The van der Waals surface area contributed by atoms with Crippen molar-refractivity contribution in [2.75, 3.05) is 7.11 Å². The fourth-order valence-corrected chi connectivity index (χ4v) is 2.03.